The van der Waals surface area contributed by atoms with Crippen molar-refractivity contribution in [1.29, 1.82) is 5.26 Å². The SMILES string of the molecule is N#Cc1ccc(-c2nn([C@@H]3O[C@H](CO)[C@@H](O)[C@H]3O)c3ncnc(N)c23)cc1. The third-order valence-electron chi connectivity index (χ3n) is 4.56. The fraction of sp³-hybridized carbons (Fsp3) is 0.294. The highest BCUT2D eigenvalue weighted by molar-refractivity contribution is 5.98. The molecule has 0 spiro atoms. The Labute approximate surface area is 153 Å². The van der Waals surface area contributed by atoms with Gasteiger partial charge in [-0.15, -0.1) is 0 Å². The van der Waals surface area contributed by atoms with Gasteiger partial charge in [-0.3, -0.25) is 0 Å². The minimum atomic E-state index is -1.31. The molecule has 0 unspecified atom stereocenters. The van der Waals surface area contributed by atoms with Crippen LogP contribution in [0.2, 0.25) is 0 Å². The van der Waals surface area contributed by atoms with Crippen LogP contribution in [0.3, 0.4) is 0 Å². The summed E-state index contributed by atoms with van der Waals surface area (Å²) in [5.74, 6) is 0.192. The van der Waals surface area contributed by atoms with E-state index >= 15 is 0 Å². The molecule has 10 nitrogen and oxygen atoms in total. The van der Waals surface area contributed by atoms with E-state index in [0.29, 0.717) is 27.9 Å². The normalized spacial score (nSPS) is 25.0. The van der Waals surface area contributed by atoms with Crippen LogP contribution in [0.1, 0.15) is 11.8 Å². The van der Waals surface area contributed by atoms with Crippen molar-refractivity contribution >= 4 is 16.9 Å². The Kier molecular flexibility index (Phi) is 4.21. The molecule has 1 aliphatic heterocycles. The lowest BCUT2D eigenvalue weighted by Crippen LogP contribution is -2.33. The Morgan fingerprint density at radius 2 is 1.93 bits per heavy atom. The molecule has 138 valence electrons. The predicted octanol–water partition coefficient (Wildman–Crippen LogP) is -0.441. The first kappa shape index (κ1) is 17.3. The monoisotopic (exact) mass is 368 g/mol. The van der Waals surface area contributed by atoms with Gasteiger partial charge in [-0.25, -0.2) is 14.6 Å². The van der Waals surface area contributed by atoms with Crippen LogP contribution >= 0.6 is 0 Å². The second kappa shape index (κ2) is 6.57. The summed E-state index contributed by atoms with van der Waals surface area (Å²) in [5.41, 5.74) is 7.96. The van der Waals surface area contributed by atoms with Gasteiger partial charge in [0.2, 0.25) is 0 Å². The van der Waals surface area contributed by atoms with Crippen molar-refractivity contribution in [2.45, 2.75) is 24.5 Å². The molecule has 1 fully saturated rings. The number of nitrogen functional groups attached to an aromatic ring is 1. The van der Waals surface area contributed by atoms with Crippen LogP contribution < -0.4 is 5.73 Å². The maximum Gasteiger partial charge on any atom is 0.181 e. The molecule has 0 bridgehead atoms. The van der Waals surface area contributed by atoms with Crippen molar-refractivity contribution in [1.82, 2.24) is 19.7 Å². The molecule has 0 aliphatic carbocycles. The zero-order valence-corrected chi connectivity index (χ0v) is 14.0. The Morgan fingerprint density at radius 3 is 2.56 bits per heavy atom. The van der Waals surface area contributed by atoms with E-state index in [1.165, 1.54) is 11.0 Å². The molecule has 3 heterocycles. The van der Waals surface area contributed by atoms with Crippen molar-refractivity contribution in [2.24, 2.45) is 0 Å². The average Bonchev–Trinajstić information content (AvgIpc) is 3.21. The van der Waals surface area contributed by atoms with Crippen molar-refractivity contribution in [3.8, 4) is 17.3 Å². The maximum atomic E-state index is 10.3. The molecule has 10 heteroatoms. The number of anilines is 1. The van der Waals surface area contributed by atoms with Gasteiger partial charge in [0, 0.05) is 5.56 Å². The van der Waals surface area contributed by atoms with Crippen LogP contribution in [-0.2, 0) is 4.74 Å². The number of benzene rings is 1. The Morgan fingerprint density at radius 1 is 1.19 bits per heavy atom. The quantitative estimate of drug-likeness (QED) is 0.480. The summed E-state index contributed by atoms with van der Waals surface area (Å²) in [7, 11) is 0. The number of aromatic nitrogens is 4. The first-order valence-corrected chi connectivity index (χ1v) is 8.16. The highest BCUT2D eigenvalue weighted by Gasteiger charge is 2.44. The van der Waals surface area contributed by atoms with Crippen LogP contribution in [0.5, 0.6) is 0 Å². The topological polar surface area (TPSA) is 163 Å². The van der Waals surface area contributed by atoms with E-state index in [4.69, 9.17) is 15.7 Å². The molecule has 4 atom stereocenters. The molecule has 4 rings (SSSR count). The molecule has 2 aromatic heterocycles. The predicted molar refractivity (Wildman–Crippen MR) is 92.9 cm³/mol. The average molecular weight is 368 g/mol. The summed E-state index contributed by atoms with van der Waals surface area (Å²) in [5, 5.41) is 43.6. The van der Waals surface area contributed by atoms with Crippen LogP contribution in [-0.4, -0.2) is 60.0 Å². The zero-order chi connectivity index (χ0) is 19.1. The Balaban J connectivity index is 1.88. The smallest absolute Gasteiger partial charge is 0.181 e. The fourth-order valence-corrected chi connectivity index (χ4v) is 3.16. The molecule has 1 aromatic carbocycles. The second-order valence-electron chi connectivity index (χ2n) is 6.17. The molecule has 1 aliphatic rings. The number of aliphatic hydroxyl groups excluding tert-OH is 3. The van der Waals surface area contributed by atoms with E-state index in [9.17, 15) is 15.3 Å². The zero-order valence-electron chi connectivity index (χ0n) is 14.0. The molecule has 0 saturated carbocycles. The van der Waals surface area contributed by atoms with E-state index < -0.39 is 31.1 Å². The number of ether oxygens (including phenoxy) is 1. The first-order chi connectivity index (χ1) is 13.0. The standard InChI is InChI=1S/C17H16N6O4/c18-5-8-1-3-9(4-2-8)12-11-15(19)20-7-21-16(11)23(22-12)17-14(26)13(25)10(6-24)27-17/h1-4,7,10,13-14,17,24-26H,6H2,(H2,19,20,21)/t10-,13-,14-,17-/m1/s1. The molecule has 27 heavy (non-hydrogen) atoms. The number of nitrogens with zero attached hydrogens (tertiary/aromatic N) is 5. The van der Waals surface area contributed by atoms with Crippen molar-refractivity contribution < 1.29 is 20.1 Å². The van der Waals surface area contributed by atoms with Gasteiger partial charge < -0.3 is 25.8 Å². The summed E-state index contributed by atoms with van der Waals surface area (Å²) in [6.07, 6.45) is -3.31. The van der Waals surface area contributed by atoms with Crippen molar-refractivity contribution in [2.75, 3.05) is 12.3 Å². The highest BCUT2D eigenvalue weighted by Crippen LogP contribution is 2.36. The number of aliphatic hydroxyl groups is 3. The maximum absolute atomic E-state index is 10.3. The third-order valence-corrected chi connectivity index (χ3v) is 4.56. The van der Waals surface area contributed by atoms with E-state index in [1.807, 2.05) is 6.07 Å². The first-order valence-electron chi connectivity index (χ1n) is 8.16. The molecular formula is C17H16N6O4. The number of rotatable bonds is 3. The van der Waals surface area contributed by atoms with E-state index in [2.05, 4.69) is 15.1 Å². The van der Waals surface area contributed by atoms with Gasteiger partial charge in [0.15, 0.2) is 11.9 Å². The van der Waals surface area contributed by atoms with Gasteiger partial charge in [-0.2, -0.15) is 10.4 Å². The second-order valence-corrected chi connectivity index (χ2v) is 6.17. The van der Waals surface area contributed by atoms with Gasteiger partial charge in [-0.1, -0.05) is 12.1 Å². The molecule has 5 N–H and O–H groups in total. The molecule has 1 saturated heterocycles. The van der Waals surface area contributed by atoms with Gasteiger partial charge in [-0.05, 0) is 12.1 Å². The summed E-state index contributed by atoms with van der Waals surface area (Å²) in [6.45, 7) is -0.451. The number of hydrogen-bond acceptors (Lipinski definition) is 9. The molecule has 0 radical (unpaired) electrons. The lowest BCUT2D eigenvalue weighted by Gasteiger charge is -2.15. The van der Waals surface area contributed by atoms with E-state index in [0.717, 1.165) is 0 Å². The number of nitriles is 1. The largest absolute Gasteiger partial charge is 0.394 e. The van der Waals surface area contributed by atoms with Gasteiger partial charge >= 0.3 is 0 Å². The van der Waals surface area contributed by atoms with Crippen molar-refractivity contribution in [3.63, 3.8) is 0 Å². The Bertz CT molecular complexity index is 1030. The fourth-order valence-electron chi connectivity index (χ4n) is 3.16. The number of nitrogens with two attached hydrogens (primary N) is 1. The van der Waals surface area contributed by atoms with Gasteiger partial charge in [0.25, 0.3) is 0 Å². The van der Waals surface area contributed by atoms with Crippen LogP contribution in [0.4, 0.5) is 5.82 Å². The molecule has 0 amide bonds. The van der Waals surface area contributed by atoms with Crippen LogP contribution in [0, 0.1) is 11.3 Å². The number of hydrogen-bond donors (Lipinski definition) is 4. The lowest BCUT2D eigenvalue weighted by atomic mass is 10.1. The summed E-state index contributed by atoms with van der Waals surface area (Å²) in [6, 6.07) is 8.77. The molecular weight excluding hydrogens is 352 g/mol. The summed E-state index contributed by atoms with van der Waals surface area (Å²) in [4.78, 5) is 8.20. The van der Waals surface area contributed by atoms with Gasteiger partial charge in [0.05, 0.1) is 23.6 Å². The third kappa shape index (κ3) is 2.70. The van der Waals surface area contributed by atoms with Crippen molar-refractivity contribution in [3.05, 3.63) is 36.2 Å². The lowest BCUT2D eigenvalue weighted by molar-refractivity contribution is -0.0565. The Hall–Kier alpha value is -3.10. The number of fused-ring (bicyclic) bond motifs is 1. The highest BCUT2D eigenvalue weighted by atomic mass is 16.6. The molecule has 3 aromatic rings. The van der Waals surface area contributed by atoms with Crippen LogP contribution in [0.15, 0.2) is 30.6 Å². The van der Waals surface area contributed by atoms with E-state index in [-0.39, 0.29) is 5.82 Å². The summed E-state index contributed by atoms with van der Waals surface area (Å²) < 4.78 is 6.88. The van der Waals surface area contributed by atoms with Crippen LogP contribution in [0.25, 0.3) is 22.3 Å². The minimum absolute atomic E-state index is 0.192. The van der Waals surface area contributed by atoms with Gasteiger partial charge in [0.1, 0.15) is 36.2 Å². The van der Waals surface area contributed by atoms with E-state index in [1.54, 1.807) is 24.3 Å². The minimum Gasteiger partial charge on any atom is -0.394 e. The summed E-state index contributed by atoms with van der Waals surface area (Å²) >= 11 is 0.